The quantitative estimate of drug-likeness (QED) is 0.765. The van der Waals surface area contributed by atoms with Crippen molar-refractivity contribution in [1.82, 2.24) is 9.55 Å². The number of imidazole rings is 1. The van der Waals surface area contributed by atoms with Gasteiger partial charge in [-0.3, -0.25) is 0 Å². The second-order valence-corrected chi connectivity index (χ2v) is 8.34. The van der Waals surface area contributed by atoms with E-state index in [0.29, 0.717) is 5.41 Å². The van der Waals surface area contributed by atoms with E-state index in [1.54, 1.807) is 0 Å². The normalized spacial score (nSPS) is 13.2. The Morgan fingerprint density at radius 1 is 1.10 bits per heavy atom. The van der Waals surface area contributed by atoms with Gasteiger partial charge in [0, 0.05) is 16.9 Å². The summed E-state index contributed by atoms with van der Waals surface area (Å²) < 4.78 is 2.38. The largest absolute Gasteiger partial charge is 0.328 e. The van der Waals surface area contributed by atoms with Gasteiger partial charge in [-0.05, 0) is 30.0 Å². The number of hydrogen-bond donors (Lipinski definition) is 1. The number of thiol groups is 1. The van der Waals surface area contributed by atoms with Crippen LogP contribution in [-0.4, -0.2) is 9.55 Å². The maximum atomic E-state index is 4.86. The van der Waals surface area contributed by atoms with Crippen LogP contribution in [-0.2, 0) is 12.0 Å². The van der Waals surface area contributed by atoms with Gasteiger partial charge in [-0.1, -0.05) is 41.5 Å². The molecular weight excluding hydrogens is 264 g/mol. The summed E-state index contributed by atoms with van der Waals surface area (Å²) in [5.74, 6) is 1.16. The van der Waals surface area contributed by atoms with Crippen LogP contribution in [0.1, 0.15) is 53.8 Å². The number of aryl methyl sites for hydroxylation is 1. The molecule has 1 heterocycles. The molecule has 0 spiro atoms. The fourth-order valence-electron chi connectivity index (χ4n) is 2.36. The number of benzene rings is 1. The summed E-state index contributed by atoms with van der Waals surface area (Å²) in [5, 5.41) is 0. The zero-order chi connectivity index (χ0) is 15.1. The topological polar surface area (TPSA) is 17.8 Å². The molecule has 0 amide bonds. The van der Waals surface area contributed by atoms with Gasteiger partial charge in [0.25, 0.3) is 0 Å². The van der Waals surface area contributed by atoms with Gasteiger partial charge in [-0.15, -0.1) is 12.6 Å². The average Bonchev–Trinajstić information content (AvgIpc) is 2.62. The van der Waals surface area contributed by atoms with E-state index in [1.807, 2.05) is 6.07 Å². The molecule has 1 aromatic carbocycles. The second-order valence-electron chi connectivity index (χ2n) is 7.82. The molecule has 0 aliphatic rings. The molecule has 1 aromatic heterocycles. The first-order valence-corrected chi connectivity index (χ1v) is 7.72. The second kappa shape index (κ2) is 5.10. The van der Waals surface area contributed by atoms with Crippen LogP contribution in [0.3, 0.4) is 0 Å². The van der Waals surface area contributed by atoms with E-state index in [1.165, 1.54) is 5.52 Å². The predicted molar refractivity (Wildman–Crippen MR) is 89.8 cm³/mol. The number of aromatic nitrogens is 2. The third kappa shape index (κ3) is 3.38. The number of hydrogen-bond acceptors (Lipinski definition) is 2. The van der Waals surface area contributed by atoms with E-state index in [9.17, 15) is 0 Å². The standard InChI is InChI=1S/C17H26N2S/c1-16(2,3)9-10-19-14-8-7-12(20)11-13(14)18-15(19)17(4,5)6/h7-8,11,20H,9-10H2,1-6H3. The molecule has 0 radical (unpaired) electrons. The SMILES string of the molecule is CC(C)(C)CCn1c(C(C)(C)C)nc2cc(S)ccc21. The van der Waals surface area contributed by atoms with E-state index in [-0.39, 0.29) is 5.41 Å². The van der Waals surface area contributed by atoms with E-state index in [2.05, 4.69) is 70.9 Å². The first kappa shape index (κ1) is 15.4. The minimum Gasteiger partial charge on any atom is -0.328 e. The van der Waals surface area contributed by atoms with Crippen LogP contribution in [0.4, 0.5) is 0 Å². The zero-order valence-electron chi connectivity index (χ0n) is 13.5. The molecule has 0 aliphatic heterocycles. The van der Waals surface area contributed by atoms with Crippen molar-refractivity contribution in [3.05, 3.63) is 24.0 Å². The molecule has 0 fully saturated rings. The number of rotatable bonds is 2. The summed E-state index contributed by atoms with van der Waals surface area (Å²) in [6.07, 6.45) is 1.14. The summed E-state index contributed by atoms with van der Waals surface area (Å²) in [7, 11) is 0. The lowest BCUT2D eigenvalue weighted by Crippen LogP contribution is -2.21. The first-order valence-electron chi connectivity index (χ1n) is 7.28. The summed E-state index contributed by atoms with van der Waals surface area (Å²) in [5.41, 5.74) is 2.65. The summed E-state index contributed by atoms with van der Waals surface area (Å²) in [6, 6.07) is 6.25. The maximum Gasteiger partial charge on any atom is 0.115 e. The summed E-state index contributed by atoms with van der Waals surface area (Å²) in [6.45, 7) is 14.5. The molecule has 0 N–H and O–H groups in total. The van der Waals surface area contributed by atoms with Crippen molar-refractivity contribution in [3.63, 3.8) is 0 Å². The van der Waals surface area contributed by atoms with Gasteiger partial charge in [0.2, 0.25) is 0 Å². The zero-order valence-corrected chi connectivity index (χ0v) is 14.4. The third-order valence-electron chi connectivity index (χ3n) is 3.49. The van der Waals surface area contributed by atoms with Crippen molar-refractivity contribution in [3.8, 4) is 0 Å². The van der Waals surface area contributed by atoms with E-state index < -0.39 is 0 Å². The molecule has 20 heavy (non-hydrogen) atoms. The van der Waals surface area contributed by atoms with Gasteiger partial charge in [0.1, 0.15) is 5.82 Å². The average molecular weight is 290 g/mol. The van der Waals surface area contributed by atoms with E-state index in [0.717, 1.165) is 29.2 Å². The molecule has 0 saturated carbocycles. The van der Waals surface area contributed by atoms with Crippen molar-refractivity contribution in [2.45, 2.75) is 64.8 Å². The van der Waals surface area contributed by atoms with Crippen LogP contribution in [0.25, 0.3) is 11.0 Å². The van der Waals surface area contributed by atoms with Crippen LogP contribution >= 0.6 is 12.6 Å². The molecule has 0 bridgehead atoms. The van der Waals surface area contributed by atoms with Crippen molar-refractivity contribution in [2.24, 2.45) is 5.41 Å². The number of nitrogens with zero attached hydrogens (tertiary/aromatic N) is 2. The van der Waals surface area contributed by atoms with Crippen LogP contribution < -0.4 is 0 Å². The highest BCUT2D eigenvalue weighted by molar-refractivity contribution is 7.80. The minimum absolute atomic E-state index is 0.0493. The van der Waals surface area contributed by atoms with Crippen LogP contribution in [0, 0.1) is 5.41 Å². The van der Waals surface area contributed by atoms with Crippen molar-refractivity contribution in [2.75, 3.05) is 0 Å². The molecule has 2 aromatic rings. The lowest BCUT2D eigenvalue weighted by atomic mass is 9.91. The predicted octanol–water partition coefficient (Wildman–Crippen LogP) is 5.06. The van der Waals surface area contributed by atoms with Gasteiger partial charge in [-0.2, -0.15) is 0 Å². The fourth-order valence-corrected chi connectivity index (χ4v) is 2.56. The van der Waals surface area contributed by atoms with E-state index in [4.69, 9.17) is 4.98 Å². The molecule has 3 heteroatoms. The smallest absolute Gasteiger partial charge is 0.115 e. The van der Waals surface area contributed by atoms with Gasteiger partial charge < -0.3 is 4.57 Å². The Bertz CT molecular complexity index is 612. The summed E-state index contributed by atoms with van der Waals surface area (Å²) >= 11 is 4.43. The monoisotopic (exact) mass is 290 g/mol. The van der Waals surface area contributed by atoms with Gasteiger partial charge in [0.05, 0.1) is 11.0 Å². The molecule has 2 rings (SSSR count). The molecule has 2 nitrogen and oxygen atoms in total. The third-order valence-corrected chi connectivity index (χ3v) is 3.77. The molecule has 0 saturated heterocycles. The lowest BCUT2D eigenvalue weighted by Gasteiger charge is -2.23. The maximum absolute atomic E-state index is 4.86. The van der Waals surface area contributed by atoms with Gasteiger partial charge >= 0.3 is 0 Å². The minimum atomic E-state index is 0.0493. The number of fused-ring (bicyclic) bond motifs is 1. The molecule has 110 valence electrons. The molecule has 0 aliphatic carbocycles. The molecule has 0 unspecified atom stereocenters. The Morgan fingerprint density at radius 3 is 2.30 bits per heavy atom. The van der Waals surface area contributed by atoms with Gasteiger partial charge in [-0.25, -0.2) is 4.98 Å². The Labute approximate surface area is 128 Å². The van der Waals surface area contributed by atoms with Crippen molar-refractivity contribution < 1.29 is 0 Å². The fraction of sp³-hybridized carbons (Fsp3) is 0.588. The molecule has 0 atom stereocenters. The Balaban J connectivity index is 2.53. The van der Waals surface area contributed by atoms with Crippen LogP contribution in [0.2, 0.25) is 0 Å². The van der Waals surface area contributed by atoms with Gasteiger partial charge in [0.15, 0.2) is 0 Å². The first-order chi connectivity index (χ1) is 9.08. The van der Waals surface area contributed by atoms with E-state index >= 15 is 0 Å². The summed E-state index contributed by atoms with van der Waals surface area (Å²) in [4.78, 5) is 5.83. The van der Waals surface area contributed by atoms with Crippen LogP contribution in [0.15, 0.2) is 23.1 Å². The molecular formula is C17H26N2S. The Kier molecular flexibility index (Phi) is 3.94. The lowest BCUT2D eigenvalue weighted by molar-refractivity contribution is 0.344. The highest BCUT2D eigenvalue weighted by atomic mass is 32.1. The highest BCUT2D eigenvalue weighted by Crippen LogP contribution is 2.29. The van der Waals surface area contributed by atoms with Crippen molar-refractivity contribution >= 4 is 23.7 Å². The Morgan fingerprint density at radius 2 is 1.75 bits per heavy atom. The highest BCUT2D eigenvalue weighted by Gasteiger charge is 2.23. The Hall–Kier alpha value is -0.960. The van der Waals surface area contributed by atoms with Crippen molar-refractivity contribution in [1.29, 1.82) is 0 Å². The van der Waals surface area contributed by atoms with Crippen LogP contribution in [0.5, 0.6) is 0 Å².